The van der Waals surface area contributed by atoms with Crippen LogP contribution in [0.25, 0.3) is 0 Å². The number of aryl methyl sites for hydroxylation is 1. The number of nitrogens with two attached hydrogens (primary N) is 1. The summed E-state index contributed by atoms with van der Waals surface area (Å²) >= 11 is 0. The van der Waals surface area contributed by atoms with Crippen LogP contribution < -0.4 is 10.6 Å². The third-order valence-corrected chi connectivity index (χ3v) is 4.70. The summed E-state index contributed by atoms with van der Waals surface area (Å²) in [5.41, 5.74) is 9.40. The van der Waals surface area contributed by atoms with Crippen molar-refractivity contribution >= 4 is 11.4 Å². The Labute approximate surface area is 116 Å². The quantitative estimate of drug-likeness (QED) is 0.829. The lowest BCUT2D eigenvalue weighted by atomic mass is 10.1. The summed E-state index contributed by atoms with van der Waals surface area (Å²) in [6.07, 6.45) is 2.71. The lowest BCUT2D eigenvalue weighted by Gasteiger charge is -2.44. The first-order valence-corrected chi connectivity index (χ1v) is 7.45. The van der Waals surface area contributed by atoms with Crippen molar-refractivity contribution in [3.63, 3.8) is 0 Å². The van der Waals surface area contributed by atoms with Gasteiger partial charge in [-0.05, 0) is 57.4 Å². The van der Waals surface area contributed by atoms with Gasteiger partial charge >= 0.3 is 0 Å². The highest BCUT2D eigenvalue weighted by Crippen LogP contribution is 2.35. The standard InChI is InChI=1S/C16H25N3/c1-11(2)19-14-5-6-15(19)10-18(9-14)16-7-4-13(17)8-12(16)3/h4,7-8,11,14-15H,5-6,9-10,17H2,1-3H3. The van der Waals surface area contributed by atoms with Crippen molar-refractivity contribution < 1.29 is 0 Å². The molecule has 1 aromatic carbocycles. The maximum Gasteiger partial charge on any atom is 0.0398 e. The molecule has 0 radical (unpaired) electrons. The maximum atomic E-state index is 5.86. The molecule has 0 aliphatic carbocycles. The summed E-state index contributed by atoms with van der Waals surface area (Å²) in [5, 5.41) is 0. The number of fused-ring (bicyclic) bond motifs is 2. The SMILES string of the molecule is Cc1cc(N)ccc1N1CC2CCC(C1)N2C(C)C. The average molecular weight is 259 g/mol. The molecule has 2 aliphatic rings. The molecule has 2 bridgehead atoms. The van der Waals surface area contributed by atoms with E-state index in [0.29, 0.717) is 6.04 Å². The van der Waals surface area contributed by atoms with Crippen molar-refractivity contribution in [2.24, 2.45) is 0 Å². The molecular formula is C16H25N3. The fraction of sp³-hybridized carbons (Fsp3) is 0.625. The first kappa shape index (κ1) is 12.8. The van der Waals surface area contributed by atoms with Crippen LogP contribution in [-0.2, 0) is 0 Å². The zero-order valence-electron chi connectivity index (χ0n) is 12.3. The van der Waals surface area contributed by atoms with E-state index in [1.54, 1.807) is 0 Å². The summed E-state index contributed by atoms with van der Waals surface area (Å²) in [4.78, 5) is 5.29. The number of hydrogen-bond donors (Lipinski definition) is 1. The van der Waals surface area contributed by atoms with Crippen LogP contribution in [0.3, 0.4) is 0 Å². The highest BCUT2D eigenvalue weighted by molar-refractivity contribution is 5.59. The van der Waals surface area contributed by atoms with Gasteiger partial charge in [-0.15, -0.1) is 0 Å². The minimum Gasteiger partial charge on any atom is -0.399 e. The van der Waals surface area contributed by atoms with E-state index in [0.717, 1.165) is 17.8 Å². The van der Waals surface area contributed by atoms with Crippen molar-refractivity contribution in [3.05, 3.63) is 23.8 Å². The predicted molar refractivity (Wildman–Crippen MR) is 81.6 cm³/mol. The number of benzene rings is 1. The van der Waals surface area contributed by atoms with E-state index in [1.165, 1.54) is 37.2 Å². The Morgan fingerprint density at radius 3 is 2.32 bits per heavy atom. The van der Waals surface area contributed by atoms with Gasteiger partial charge in [0.2, 0.25) is 0 Å². The van der Waals surface area contributed by atoms with Crippen molar-refractivity contribution in [2.45, 2.75) is 51.7 Å². The molecule has 2 atom stereocenters. The number of hydrogen-bond acceptors (Lipinski definition) is 3. The molecule has 19 heavy (non-hydrogen) atoms. The van der Waals surface area contributed by atoms with E-state index >= 15 is 0 Å². The zero-order valence-corrected chi connectivity index (χ0v) is 12.3. The van der Waals surface area contributed by atoms with Crippen LogP contribution in [0.4, 0.5) is 11.4 Å². The average Bonchev–Trinajstić information content (AvgIpc) is 2.61. The van der Waals surface area contributed by atoms with Crippen molar-refractivity contribution in [1.82, 2.24) is 4.90 Å². The zero-order chi connectivity index (χ0) is 13.6. The lowest BCUT2D eigenvalue weighted by Crippen LogP contribution is -2.56. The third kappa shape index (κ3) is 2.20. The number of nitrogen functional groups attached to an aromatic ring is 1. The Kier molecular flexibility index (Phi) is 3.17. The van der Waals surface area contributed by atoms with E-state index in [1.807, 2.05) is 6.07 Å². The van der Waals surface area contributed by atoms with Gasteiger partial charge in [0, 0.05) is 42.6 Å². The number of nitrogens with zero attached hydrogens (tertiary/aromatic N) is 2. The second kappa shape index (κ2) is 4.71. The maximum absolute atomic E-state index is 5.86. The molecule has 0 spiro atoms. The molecule has 2 aliphatic heterocycles. The van der Waals surface area contributed by atoms with Gasteiger partial charge in [0.15, 0.2) is 0 Å². The second-order valence-corrected chi connectivity index (χ2v) is 6.38. The summed E-state index contributed by atoms with van der Waals surface area (Å²) < 4.78 is 0. The monoisotopic (exact) mass is 259 g/mol. The van der Waals surface area contributed by atoms with Crippen LogP contribution in [0.15, 0.2) is 18.2 Å². The molecule has 2 heterocycles. The Morgan fingerprint density at radius 1 is 1.16 bits per heavy atom. The molecule has 0 saturated carbocycles. The molecule has 1 aromatic rings. The second-order valence-electron chi connectivity index (χ2n) is 6.38. The van der Waals surface area contributed by atoms with Crippen molar-refractivity contribution in [1.29, 1.82) is 0 Å². The predicted octanol–water partition coefficient (Wildman–Crippen LogP) is 2.64. The van der Waals surface area contributed by atoms with Gasteiger partial charge in [-0.3, -0.25) is 4.90 Å². The van der Waals surface area contributed by atoms with Gasteiger partial charge < -0.3 is 10.6 Å². The molecule has 3 rings (SSSR count). The fourth-order valence-corrected chi connectivity index (χ4v) is 4.01. The topological polar surface area (TPSA) is 32.5 Å². The summed E-state index contributed by atoms with van der Waals surface area (Å²) in [5.74, 6) is 0. The molecule has 2 saturated heterocycles. The third-order valence-electron chi connectivity index (χ3n) is 4.70. The van der Waals surface area contributed by atoms with Gasteiger partial charge in [0.05, 0.1) is 0 Å². The largest absolute Gasteiger partial charge is 0.399 e. The summed E-state index contributed by atoms with van der Waals surface area (Å²) in [7, 11) is 0. The minimum absolute atomic E-state index is 0.673. The molecule has 3 nitrogen and oxygen atoms in total. The van der Waals surface area contributed by atoms with Gasteiger partial charge in [-0.25, -0.2) is 0 Å². The van der Waals surface area contributed by atoms with Gasteiger partial charge in [0.25, 0.3) is 0 Å². The van der Waals surface area contributed by atoms with Crippen LogP contribution >= 0.6 is 0 Å². The smallest absolute Gasteiger partial charge is 0.0398 e. The molecule has 2 N–H and O–H groups in total. The van der Waals surface area contributed by atoms with Crippen molar-refractivity contribution in [2.75, 3.05) is 23.7 Å². The molecule has 0 amide bonds. The molecule has 104 valence electrons. The number of piperazine rings is 1. The van der Waals surface area contributed by atoms with E-state index < -0.39 is 0 Å². The first-order valence-electron chi connectivity index (χ1n) is 7.45. The minimum atomic E-state index is 0.673. The summed E-state index contributed by atoms with van der Waals surface area (Å²) in [6.45, 7) is 9.16. The fourth-order valence-electron chi connectivity index (χ4n) is 4.01. The molecule has 0 aromatic heterocycles. The molecule has 2 unspecified atom stereocenters. The van der Waals surface area contributed by atoms with E-state index in [9.17, 15) is 0 Å². The van der Waals surface area contributed by atoms with E-state index in [-0.39, 0.29) is 0 Å². The lowest BCUT2D eigenvalue weighted by molar-refractivity contribution is 0.129. The van der Waals surface area contributed by atoms with Crippen LogP contribution in [-0.4, -0.2) is 36.1 Å². The summed E-state index contributed by atoms with van der Waals surface area (Å²) in [6, 6.07) is 8.44. The molecule has 3 heteroatoms. The normalized spacial score (nSPS) is 27.3. The Morgan fingerprint density at radius 2 is 1.79 bits per heavy atom. The van der Waals surface area contributed by atoms with Crippen LogP contribution in [0.5, 0.6) is 0 Å². The van der Waals surface area contributed by atoms with Gasteiger partial charge in [-0.1, -0.05) is 0 Å². The Bertz CT molecular complexity index is 455. The Balaban J connectivity index is 1.82. The highest BCUT2D eigenvalue weighted by atomic mass is 15.3. The van der Waals surface area contributed by atoms with Crippen LogP contribution in [0.1, 0.15) is 32.3 Å². The molecule has 2 fully saturated rings. The number of anilines is 2. The highest BCUT2D eigenvalue weighted by Gasteiger charge is 2.41. The number of rotatable bonds is 2. The van der Waals surface area contributed by atoms with E-state index in [2.05, 4.69) is 42.7 Å². The Hall–Kier alpha value is -1.22. The molecular weight excluding hydrogens is 234 g/mol. The van der Waals surface area contributed by atoms with E-state index in [4.69, 9.17) is 5.73 Å². The van der Waals surface area contributed by atoms with Crippen LogP contribution in [0.2, 0.25) is 0 Å². The van der Waals surface area contributed by atoms with Gasteiger partial charge in [0.1, 0.15) is 0 Å². The van der Waals surface area contributed by atoms with Crippen molar-refractivity contribution in [3.8, 4) is 0 Å². The van der Waals surface area contributed by atoms with Crippen LogP contribution in [0, 0.1) is 6.92 Å². The first-order chi connectivity index (χ1) is 9.06. The van der Waals surface area contributed by atoms with Gasteiger partial charge in [-0.2, -0.15) is 0 Å².